The molecule has 0 bridgehead atoms. The highest BCUT2D eigenvalue weighted by Gasteiger charge is 2.71. The highest BCUT2D eigenvalue weighted by molar-refractivity contribution is 5.84. The fourth-order valence-corrected chi connectivity index (χ4v) is 12.9. The quantitative estimate of drug-likeness (QED) is 0.206. The van der Waals surface area contributed by atoms with Crippen LogP contribution in [-0.4, -0.2) is 41.8 Å². The molecule has 252 valence electrons. The fourth-order valence-electron chi connectivity index (χ4n) is 12.9. The Kier molecular flexibility index (Phi) is 8.45. The Morgan fingerprint density at radius 1 is 1.00 bits per heavy atom. The summed E-state index contributed by atoms with van der Waals surface area (Å²) in [5.74, 6) is 2.87. The zero-order valence-corrected chi connectivity index (χ0v) is 29.0. The fraction of sp³-hybridized carbons (Fsp3) is 0.700. The molecule has 6 heteroatoms. The van der Waals surface area contributed by atoms with Crippen molar-refractivity contribution < 1.29 is 24.5 Å². The molecule has 6 rings (SSSR count). The van der Waals surface area contributed by atoms with Crippen LogP contribution in [0.1, 0.15) is 105 Å². The minimum absolute atomic E-state index is 0.00849. The van der Waals surface area contributed by atoms with E-state index >= 15 is 0 Å². The van der Waals surface area contributed by atoms with Crippen molar-refractivity contribution >= 4 is 18.0 Å². The molecule has 46 heavy (non-hydrogen) atoms. The van der Waals surface area contributed by atoms with E-state index < -0.39 is 11.5 Å². The van der Waals surface area contributed by atoms with Gasteiger partial charge in [-0.05, 0) is 139 Å². The van der Waals surface area contributed by atoms with Crippen LogP contribution in [0.5, 0.6) is 5.75 Å². The van der Waals surface area contributed by atoms with E-state index in [1.165, 1.54) is 36.0 Å². The highest BCUT2D eigenvalue weighted by atomic mass is 16.5. The van der Waals surface area contributed by atoms with Gasteiger partial charge in [0.25, 0.3) is 6.47 Å². The molecule has 6 nitrogen and oxygen atoms in total. The smallest absolute Gasteiger partial charge is 0.298 e. The number of carbonyl (C=O) groups excluding carboxylic acids is 2. The SMILES string of the molecule is C=C(C)[C@@H]1CC[C@]2(C(=O)NCC(O)CO)CC[C@]3(C)[C@H](CC[C@@H]4[C@@]5(C)CC=C(c6ccc(OC=O)cc6)C(C)(C)[C@@H]5CC[C@]43C)[C@@H]12. The van der Waals surface area contributed by atoms with Crippen LogP contribution in [0.25, 0.3) is 5.57 Å². The third-order valence-corrected chi connectivity index (χ3v) is 15.2. The van der Waals surface area contributed by atoms with E-state index in [1.807, 2.05) is 12.1 Å². The van der Waals surface area contributed by atoms with Crippen LogP contribution in [0.2, 0.25) is 0 Å². The van der Waals surface area contributed by atoms with Gasteiger partial charge in [0, 0.05) is 6.54 Å². The van der Waals surface area contributed by atoms with E-state index in [-0.39, 0.29) is 46.6 Å². The minimum Gasteiger partial charge on any atom is -0.429 e. The molecule has 10 atom stereocenters. The van der Waals surface area contributed by atoms with Gasteiger partial charge in [-0.15, -0.1) is 0 Å². The maximum atomic E-state index is 14.1. The number of allylic oxidation sites excluding steroid dienone is 3. The first-order chi connectivity index (χ1) is 21.7. The number of rotatable bonds is 8. The lowest BCUT2D eigenvalue weighted by Crippen LogP contribution is -2.66. The van der Waals surface area contributed by atoms with Gasteiger partial charge in [-0.3, -0.25) is 9.59 Å². The van der Waals surface area contributed by atoms with Crippen LogP contribution >= 0.6 is 0 Å². The summed E-state index contributed by atoms with van der Waals surface area (Å²) in [5.41, 5.74) is 3.90. The molecule has 0 saturated heterocycles. The zero-order valence-electron chi connectivity index (χ0n) is 29.0. The van der Waals surface area contributed by atoms with Gasteiger partial charge in [-0.1, -0.05) is 65.0 Å². The van der Waals surface area contributed by atoms with Crippen LogP contribution in [0, 0.1) is 56.7 Å². The number of amides is 1. The molecule has 0 aromatic heterocycles. The maximum Gasteiger partial charge on any atom is 0.298 e. The van der Waals surface area contributed by atoms with Crippen molar-refractivity contribution in [2.45, 2.75) is 105 Å². The Morgan fingerprint density at radius 3 is 2.37 bits per heavy atom. The molecule has 1 aromatic rings. The van der Waals surface area contributed by atoms with Crippen LogP contribution in [0.3, 0.4) is 0 Å². The molecular weight excluding hydrogens is 574 g/mol. The maximum absolute atomic E-state index is 14.1. The predicted octanol–water partition coefficient (Wildman–Crippen LogP) is 7.34. The van der Waals surface area contributed by atoms with Gasteiger partial charge in [0.1, 0.15) is 5.75 Å². The van der Waals surface area contributed by atoms with Crippen molar-refractivity contribution in [3.8, 4) is 5.75 Å². The summed E-state index contributed by atoms with van der Waals surface area (Å²) in [5, 5.41) is 22.5. The van der Waals surface area contributed by atoms with Gasteiger partial charge >= 0.3 is 0 Å². The van der Waals surface area contributed by atoms with Crippen LogP contribution in [0.15, 0.2) is 42.5 Å². The Labute approximate surface area is 276 Å². The molecule has 4 fully saturated rings. The third-order valence-electron chi connectivity index (χ3n) is 15.2. The van der Waals surface area contributed by atoms with Gasteiger partial charge in [0.15, 0.2) is 0 Å². The number of hydrogen-bond acceptors (Lipinski definition) is 5. The Bertz CT molecular complexity index is 1400. The van der Waals surface area contributed by atoms with Gasteiger partial charge in [-0.25, -0.2) is 0 Å². The number of ether oxygens (including phenoxy) is 1. The molecule has 5 aliphatic rings. The van der Waals surface area contributed by atoms with E-state index in [4.69, 9.17) is 4.74 Å². The summed E-state index contributed by atoms with van der Waals surface area (Å²) < 4.78 is 5.07. The van der Waals surface area contributed by atoms with Crippen molar-refractivity contribution in [3.63, 3.8) is 0 Å². The van der Waals surface area contributed by atoms with Crippen LogP contribution in [0.4, 0.5) is 0 Å². The summed E-state index contributed by atoms with van der Waals surface area (Å²) in [4.78, 5) is 24.9. The molecule has 1 unspecified atom stereocenters. The van der Waals surface area contributed by atoms with Gasteiger partial charge < -0.3 is 20.3 Å². The highest BCUT2D eigenvalue weighted by Crippen LogP contribution is 2.77. The van der Waals surface area contributed by atoms with E-state index in [2.05, 4.69) is 71.6 Å². The molecule has 1 amide bonds. The summed E-state index contributed by atoms with van der Waals surface area (Å²) in [7, 11) is 0. The molecule has 0 aliphatic heterocycles. The molecule has 4 saturated carbocycles. The van der Waals surface area contributed by atoms with Crippen molar-refractivity contribution in [2.75, 3.05) is 13.2 Å². The number of carbonyl (C=O) groups is 2. The van der Waals surface area contributed by atoms with Crippen LogP contribution < -0.4 is 10.1 Å². The van der Waals surface area contributed by atoms with Gasteiger partial charge in [0.05, 0.1) is 18.1 Å². The van der Waals surface area contributed by atoms with Crippen LogP contribution in [-0.2, 0) is 9.59 Å². The number of fused-ring (bicyclic) bond motifs is 7. The number of benzene rings is 1. The standard InChI is InChI=1S/C40H57NO5/c1-25(2)29-14-19-40(35(45)41-22-27(44)23-42)21-20-38(6)31(34(29)40)12-13-33-37(5)17-15-30(26-8-10-28(11-9-26)46-24-43)36(3,4)32(37)16-18-39(33,38)7/h8-11,15,24,27,29,31-34,42,44H,1,12-14,16-23H2,2-7H3,(H,41,45)/t27?,29-,31+,32-,33+,34+,37-,38+,39+,40-/m0/s1. The molecule has 0 spiro atoms. The largest absolute Gasteiger partial charge is 0.429 e. The second kappa shape index (κ2) is 11.6. The van der Waals surface area contributed by atoms with E-state index in [0.29, 0.717) is 35.9 Å². The van der Waals surface area contributed by atoms with E-state index in [9.17, 15) is 19.8 Å². The normalized spacial score (nSPS) is 41.5. The average molecular weight is 632 g/mol. The first-order valence-corrected chi connectivity index (χ1v) is 17.8. The lowest BCUT2D eigenvalue weighted by atomic mass is 9.32. The summed E-state index contributed by atoms with van der Waals surface area (Å²) in [6.07, 6.45) is 11.2. The van der Waals surface area contributed by atoms with Gasteiger partial charge in [-0.2, -0.15) is 0 Å². The Hall–Kier alpha value is -2.44. The lowest BCUT2D eigenvalue weighted by Gasteiger charge is -2.72. The lowest BCUT2D eigenvalue weighted by molar-refractivity contribution is -0.225. The Balaban J connectivity index is 1.33. The van der Waals surface area contributed by atoms with E-state index in [1.54, 1.807) is 0 Å². The monoisotopic (exact) mass is 631 g/mol. The first kappa shape index (κ1) is 33.5. The molecule has 0 radical (unpaired) electrons. The molecule has 5 aliphatic carbocycles. The first-order valence-electron chi connectivity index (χ1n) is 17.8. The molecule has 1 aromatic carbocycles. The van der Waals surface area contributed by atoms with Crippen molar-refractivity contribution in [2.24, 2.45) is 56.7 Å². The van der Waals surface area contributed by atoms with Crippen molar-refractivity contribution in [1.82, 2.24) is 5.32 Å². The predicted molar refractivity (Wildman–Crippen MR) is 182 cm³/mol. The topological polar surface area (TPSA) is 95.9 Å². The zero-order chi connectivity index (χ0) is 33.3. The summed E-state index contributed by atoms with van der Waals surface area (Å²) in [6, 6.07) is 7.99. The number of aliphatic hydroxyl groups is 2. The number of aliphatic hydroxyl groups excluding tert-OH is 2. The van der Waals surface area contributed by atoms with Gasteiger partial charge in [0.2, 0.25) is 5.91 Å². The number of nitrogens with one attached hydrogen (secondary N) is 1. The average Bonchev–Trinajstić information content (AvgIpc) is 3.42. The summed E-state index contributed by atoms with van der Waals surface area (Å²) in [6.45, 7) is 19.6. The second-order valence-corrected chi connectivity index (χ2v) is 17.2. The number of hydrogen-bond donors (Lipinski definition) is 3. The van der Waals surface area contributed by atoms with Crippen molar-refractivity contribution in [1.29, 1.82) is 0 Å². The summed E-state index contributed by atoms with van der Waals surface area (Å²) >= 11 is 0. The van der Waals surface area contributed by atoms with Crippen molar-refractivity contribution in [3.05, 3.63) is 48.1 Å². The molecular formula is C40H57NO5. The third kappa shape index (κ3) is 4.70. The Morgan fingerprint density at radius 2 is 1.72 bits per heavy atom. The van der Waals surface area contributed by atoms with E-state index in [0.717, 1.165) is 38.5 Å². The molecule has 0 heterocycles. The molecule has 3 N–H and O–H groups in total. The minimum atomic E-state index is -0.929. The second-order valence-electron chi connectivity index (χ2n) is 17.2.